The van der Waals surface area contributed by atoms with Gasteiger partial charge in [0.1, 0.15) is 6.10 Å². The highest BCUT2D eigenvalue weighted by atomic mass is 32.2. The third-order valence-electron chi connectivity index (χ3n) is 3.12. The summed E-state index contributed by atoms with van der Waals surface area (Å²) in [4.78, 5) is 16.9. The molecule has 2 atom stereocenters. The van der Waals surface area contributed by atoms with Gasteiger partial charge in [0.2, 0.25) is 0 Å². The number of aliphatic hydroxyl groups is 1. The molecule has 0 spiro atoms. The smallest absolute Gasteiger partial charge is 0.197 e. The summed E-state index contributed by atoms with van der Waals surface area (Å²) in [5.41, 5.74) is 1.55. The molecule has 1 aliphatic carbocycles. The van der Waals surface area contributed by atoms with E-state index in [0.717, 1.165) is 5.39 Å². The molecule has 1 aromatic heterocycles. The van der Waals surface area contributed by atoms with E-state index < -0.39 is 16.9 Å². The molecule has 4 nitrogen and oxygen atoms in total. The minimum Gasteiger partial charge on any atom is -0.381 e. The number of pyridine rings is 1. The first-order chi connectivity index (χ1) is 9.08. The Morgan fingerprint density at radius 2 is 2.16 bits per heavy atom. The SMILES string of the molecule is CS(=O)c1cccc2cc3c(nc12)C=CC(O)C3=O. The maximum atomic E-state index is 11.9. The number of benzene rings is 1. The minimum atomic E-state index is -1.14. The molecule has 0 bridgehead atoms. The number of ketones is 1. The van der Waals surface area contributed by atoms with Crippen LogP contribution in [0.25, 0.3) is 17.0 Å². The summed E-state index contributed by atoms with van der Waals surface area (Å²) in [7, 11) is -1.14. The van der Waals surface area contributed by atoms with Crippen molar-refractivity contribution >= 4 is 33.6 Å². The Hall–Kier alpha value is -1.85. The van der Waals surface area contributed by atoms with E-state index in [-0.39, 0.29) is 5.78 Å². The van der Waals surface area contributed by atoms with E-state index in [4.69, 9.17) is 0 Å². The van der Waals surface area contributed by atoms with Crippen LogP contribution in [0.5, 0.6) is 0 Å². The van der Waals surface area contributed by atoms with Gasteiger partial charge in [0.05, 0.1) is 26.9 Å². The van der Waals surface area contributed by atoms with Crippen molar-refractivity contribution < 1.29 is 14.1 Å². The van der Waals surface area contributed by atoms with Crippen molar-refractivity contribution in [1.29, 1.82) is 0 Å². The van der Waals surface area contributed by atoms with Gasteiger partial charge in [0.25, 0.3) is 0 Å². The zero-order valence-electron chi connectivity index (χ0n) is 10.2. The summed E-state index contributed by atoms with van der Waals surface area (Å²) >= 11 is 0. The van der Waals surface area contributed by atoms with Crippen LogP contribution in [0, 0.1) is 0 Å². The van der Waals surface area contributed by atoms with Gasteiger partial charge in [-0.3, -0.25) is 9.00 Å². The monoisotopic (exact) mass is 273 g/mol. The number of hydrogen-bond donors (Lipinski definition) is 1. The number of hydrogen-bond acceptors (Lipinski definition) is 4. The summed E-state index contributed by atoms with van der Waals surface area (Å²) in [6.07, 6.45) is 3.53. The van der Waals surface area contributed by atoms with E-state index >= 15 is 0 Å². The van der Waals surface area contributed by atoms with Gasteiger partial charge >= 0.3 is 0 Å². The zero-order valence-corrected chi connectivity index (χ0v) is 11.0. The molecule has 5 heteroatoms. The van der Waals surface area contributed by atoms with Crippen molar-refractivity contribution in [3.63, 3.8) is 0 Å². The molecule has 19 heavy (non-hydrogen) atoms. The summed E-state index contributed by atoms with van der Waals surface area (Å²) < 4.78 is 11.7. The molecule has 0 saturated carbocycles. The summed E-state index contributed by atoms with van der Waals surface area (Å²) in [5.74, 6) is -0.352. The summed E-state index contributed by atoms with van der Waals surface area (Å²) in [6.45, 7) is 0. The van der Waals surface area contributed by atoms with Crippen LogP contribution in [-0.2, 0) is 10.8 Å². The number of rotatable bonds is 1. The topological polar surface area (TPSA) is 67.3 Å². The van der Waals surface area contributed by atoms with E-state index in [2.05, 4.69) is 4.98 Å². The largest absolute Gasteiger partial charge is 0.381 e. The number of para-hydroxylation sites is 1. The summed E-state index contributed by atoms with van der Waals surface area (Å²) in [6, 6.07) is 7.06. The summed E-state index contributed by atoms with van der Waals surface area (Å²) in [5, 5.41) is 10.3. The molecule has 1 heterocycles. The number of nitrogens with zero attached hydrogens (tertiary/aromatic N) is 1. The van der Waals surface area contributed by atoms with Crippen LogP contribution in [0.2, 0.25) is 0 Å². The Labute approximate surface area is 112 Å². The lowest BCUT2D eigenvalue weighted by molar-refractivity contribution is 0.0818. The molecule has 1 aliphatic rings. The molecular weight excluding hydrogens is 262 g/mol. The number of carbonyl (C=O) groups excluding carboxylic acids is 1. The van der Waals surface area contributed by atoms with Gasteiger partial charge in [-0.25, -0.2) is 4.98 Å². The molecule has 0 fully saturated rings. The molecule has 2 aromatic rings. The van der Waals surface area contributed by atoms with Crippen molar-refractivity contribution in [2.45, 2.75) is 11.0 Å². The van der Waals surface area contributed by atoms with Gasteiger partial charge in [-0.1, -0.05) is 12.1 Å². The van der Waals surface area contributed by atoms with Crippen LogP contribution in [0.4, 0.5) is 0 Å². The molecule has 3 rings (SSSR count). The Balaban J connectivity index is 2.34. The molecule has 96 valence electrons. The van der Waals surface area contributed by atoms with Gasteiger partial charge < -0.3 is 5.11 Å². The third-order valence-corrected chi connectivity index (χ3v) is 4.07. The fourth-order valence-electron chi connectivity index (χ4n) is 2.17. The van der Waals surface area contributed by atoms with Crippen molar-refractivity contribution in [3.05, 3.63) is 41.6 Å². The number of Topliss-reactive ketones (excluding diaryl/α,β-unsaturated/α-hetero) is 1. The molecule has 0 radical (unpaired) electrons. The number of carbonyl (C=O) groups is 1. The van der Waals surface area contributed by atoms with Crippen molar-refractivity contribution in [3.8, 4) is 0 Å². The van der Waals surface area contributed by atoms with Crippen LogP contribution in [0.1, 0.15) is 16.1 Å². The second kappa shape index (κ2) is 4.36. The van der Waals surface area contributed by atoms with Crippen molar-refractivity contribution in [1.82, 2.24) is 4.98 Å². The first kappa shape index (κ1) is 12.2. The van der Waals surface area contributed by atoms with Crippen molar-refractivity contribution in [2.75, 3.05) is 6.26 Å². The molecule has 0 aliphatic heterocycles. The lowest BCUT2D eigenvalue weighted by Crippen LogP contribution is -2.22. The highest BCUT2D eigenvalue weighted by Gasteiger charge is 2.23. The second-order valence-electron chi connectivity index (χ2n) is 4.37. The van der Waals surface area contributed by atoms with E-state index in [1.165, 1.54) is 6.08 Å². The normalized spacial score (nSPS) is 19.5. The fourth-order valence-corrected chi connectivity index (χ4v) is 2.88. The van der Waals surface area contributed by atoms with Crippen LogP contribution < -0.4 is 0 Å². The molecule has 1 N–H and O–H groups in total. The third kappa shape index (κ3) is 1.91. The predicted octanol–water partition coefficient (Wildman–Crippen LogP) is 1.54. The average molecular weight is 273 g/mol. The molecule has 1 aromatic carbocycles. The first-order valence-corrected chi connectivity index (χ1v) is 7.31. The highest BCUT2D eigenvalue weighted by Crippen LogP contribution is 2.26. The number of aliphatic hydroxyl groups excluding tert-OH is 1. The van der Waals surface area contributed by atoms with Crippen LogP contribution >= 0.6 is 0 Å². The molecular formula is C14H11NO3S. The zero-order chi connectivity index (χ0) is 13.6. The Kier molecular flexibility index (Phi) is 2.80. The van der Waals surface area contributed by atoms with Gasteiger partial charge in [-0.2, -0.15) is 0 Å². The van der Waals surface area contributed by atoms with Gasteiger partial charge in [0, 0.05) is 17.2 Å². The van der Waals surface area contributed by atoms with Gasteiger partial charge in [-0.05, 0) is 24.3 Å². The number of fused-ring (bicyclic) bond motifs is 2. The second-order valence-corrected chi connectivity index (χ2v) is 5.72. The van der Waals surface area contributed by atoms with E-state index in [0.29, 0.717) is 21.7 Å². The minimum absolute atomic E-state index is 0.352. The van der Waals surface area contributed by atoms with E-state index in [9.17, 15) is 14.1 Å². The molecule has 2 unspecified atom stereocenters. The highest BCUT2D eigenvalue weighted by molar-refractivity contribution is 7.84. The lowest BCUT2D eigenvalue weighted by Gasteiger charge is -2.14. The standard InChI is InChI=1S/C14H11NO3S/c1-19(18)12-4-2-3-8-7-9-10(15-13(8)12)5-6-11(16)14(9)17/h2-7,11,16H,1H3. The van der Waals surface area contributed by atoms with Crippen LogP contribution in [-0.4, -0.2) is 32.4 Å². The van der Waals surface area contributed by atoms with E-state index in [1.807, 2.05) is 6.07 Å². The van der Waals surface area contributed by atoms with Crippen molar-refractivity contribution in [2.24, 2.45) is 0 Å². The molecule has 0 saturated heterocycles. The fraction of sp³-hybridized carbons (Fsp3) is 0.143. The quantitative estimate of drug-likeness (QED) is 0.856. The number of aromatic nitrogens is 1. The Morgan fingerprint density at radius 3 is 2.89 bits per heavy atom. The van der Waals surface area contributed by atoms with Crippen LogP contribution in [0.3, 0.4) is 0 Å². The first-order valence-electron chi connectivity index (χ1n) is 5.75. The Bertz CT molecular complexity index is 752. The molecule has 0 amide bonds. The van der Waals surface area contributed by atoms with E-state index in [1.54, 1.807) is 30.5 Å². The van der Waals surface area contributed by atoms with Gasteiger partial charge in [-0.15, -0.1) is 0 Å². The Morgan fingerprint density at radius 1 is 1.37 bits per heavy atom. The van der Waals surface area contributed by atoms with Gasteiger partial charge in [0.15, 0.2) is 5.78 Å². The predicted molar refractivity (Wildman–Crippen MR) is 73.4 cm³/mol. The van der Waals surface area contributed by atoms with Crippen LogP contribution in [0.15, 0.2) is 35.2 Å². The average Bonchev–Trinajstić information content (AvgIpc) is 2.40. The maximum absolute atomic E-state index is 11.9. The lowest BCUT2D eigenvalue weighted by atomic mass is 9.97. The maximum Gasteiger partial charge on any atom is 0.197 e.